The number of aromatic nitrogens is 1. The molecule has 1 N–H and O–H groups in total. The van der Waals surface area contributed by atoms with Crippen LogP contribution >= 0.6 is 11.3 Å². The van der Waals surface area contributed by atoms with Crippen LogP contribution in [0, 0.1) is 13.8 Å². The summed E-state index contributed by atoms with van der Waals surface area (Å²) in [6.45, 7) is 14.0. The van der Waals surface area contributed by atoms with Gasteiger partial charge in [-0.15, -0.1) is 11.3 Å². The van der Waals surface area contributed by atoms with Gasteiger partial charge in [0.05, 0.1) is 11.7 Å². The fourth-order valence-corrected chi connectivity index (χ4v) is 3.64. The lowest BCUT2D eigenvalue weighted by atomic mass is 9.93. The third-order valence-electron chi connectivity index (χ3n) is 3.52. The van der Waals surface area contributed by atoms with Gasteiger partial charge in [-0.25, -0.2) is 4.98 Å². The minimum Gasteiger partial charge on any atom is -0.305 e. The summed E-state index contributed by atoms with van der Waals surface area (Å²) in [5, 5.41) is 6.94. The van der Waals surface area contributed by atoms with Gasteiger partial charge in [-0.2, -0.15) is 0 Å². The number of nitrogens with one attached hydrogen (secondary N) is 1. The third-order valence-corrected chi connectivity index (χ3v) is 4.43. The Bertz CT molecular complexity index is 588. The van der Waals surface area contributed by atoms with Crippen LogP contribution in [-0.2, 0) is 5.41 Å². The predicted octanol–water partition coefficient (Wildman–Crippen LogP) is 4.76. The SMILES string of the molecule is CCNC(c1cc(C)cc(C)c1)c1nc(C(C)(C)C)cs1. The number of rotatable bonds is 4. The highest BCUT2D eigenvalue weighted by Gasteiger charge is 2.22. The molecule has 0 amide bonds. The highest BCUT2D eigenvalue weighted by atomic mass is 32.1. The van der Waals surface area contributed by atoms with E-state index in [9.17, 15) is 0 Å². The Morgan fingerprint density at radius 3 is 2.24 bits per heavy atom. The zero-order valence-electron chi connectivity index (χ0n) is 13.9. The highest BCUT2D eigenvalue weighted by molar-refractivity contribution is 7.09. The number of aryl methyl sites for hydroxylation is 2. The van der Waals surface area contributed by atoms with Crippen LogP contribution < -0.4 is 5.32 Å². The van der Waals surface area contributed by atoms with Crippen molar-refractivity contribution in [3.8, 4) is 0 Å². The molecule has 1 atom stereocenters. The van der Waals surface area contributed by atoms with E-state index in [2.05, 4.69) is 70.4 Å². The lowest BCUT2D eigenvalue weighted by Crippen LogP contribution is -2.22. The second-order valence-electron chi connectivity index (χ2n) is 6.73. The second-order valence-corrected chi connectivity index (χ2v) is 7.62. The highest BCUT2D eigenvalue weighted by Crippen LogP contribution is 2.30. The van der Waals surface area contributed by atoms with E-state index >= 15 is 0 Å². The first-order chi connectivity index (χ1) is 9.81. The molecule has 0 saturated carbocycles. The van der Waals surface area contributed by atoms with Gasteiger partial charge in [0.2, 0.25) is 0 Å². The van der Waals surface area contributed by atoms with E-state index in [0.29, 0.717) is 0 Å². The molecular weight excluding hydrogens is 276 g/mol. The topological polar surface area (TPSA) is 24.9 Å². The normalized spacial score (nSPS) is 13.4. The first kappa shape index (κ1) is 16.2. The van der Waals surface area contributed by atoms with E-state index in [1.807, 2.05) is 0 Å². The van der Waals surface area contributed by atoms with Gasteiger partial charge in [-0.1, -0.05) is 57.0 Å². The number of benzene rings is 1. The summed E-state index contributed by atoms with van der Waals surface area (Å²) in [6.07, 6.45) is 0. The van der Waals surface area contributed by atoms with E-state index in [-0.39, 0.29) is 11.5 Å². The molecule has 1 heterocycles. The number of hydrogen-bond donors (Lipinski definition) is 1. The molecule has 1 aromatic heterocycles. The van der Waals surface area contributed by atoms with Gasteiger partial charge in [0.15, 0.2) is 0 Å². The maximum Gasteiger partial charge on any atom is 0.114 e. The van der Waals surface area contributed by atoms with E-state index in [1.165, 1.54) is 22.4 Å². The van der Waals surface area contributed by atoms with Crippen molar-refractivity contribution in [1.82, 2.24) is 10.3 Å². The third kappa shape index (κ3) is 3.92. The van der Waals surface area contributed by atoms with Gasteiger partial charge in [0.25, 0.3) is 0 Å². The first-order valence-electron chi connectivity index (χ1n) is 7.58. The van der Waals surface area contributed by atoms with Crippen LogP contribution in [0.1, 0.15) is 61.1 Å². The van der Waals surface area contributed by atoms with Crippen molar-refractivity contribution in [3.05, 3.63) is 51.0 Å². The van der Waals surface area contributed by atoms with Gasteiger partial charge in [0.1, 0.15) is 5.01 Å². The van der Waals surface area contributed by atoms with Crippen LogP contribution in [0.15, 0.2) is 23.6 Å². The Labute approximate surface area is 132 Å². The zero-order chi connectivity index (χ0) is 15.6. The van der Waals surface area contributed by atoms with Crippen LogP contribution in [0.25, 0.3) is 0 Å². The Balaban J connectivity index is 2.41. The summed E-state index contributed by atoms with van der Waals surface area (Å²) in [5.74, 6) is 0. The quantitative estimate of drug-likeness (QED) is 0.881. The fraction of sp³-hybridized carbons (Fsp3) is 0.500. The van der Waals surface area contributed by atoms with Crippen LogP contribution in [0.4, 0.5) is 0 Å². The Morgan fingerprint density at radius 1 is 1.14 bits per heavy atom. The average Bonchev–Trinajstić information content (AvgIpc) is 2.83. The molecule has 0 bridgehead atoms. The standard InChI is InChI=1S/C18H26N2S/c1-7-19-16(14-9-12(2)8-13(3)10-14)17-20-15(11-21-17)18(4,5)6/h8-11,16,19H,7H2,1-6H3. The van der Waals surface area contributed by atoms with Gasteiger partial charge in [-0.05, 0) is 26.0 Å². The van der Waals surface area contributed by atoms with Crippen molar-refractivity contribution in [1.29, 1.82) is 0 Å². The molecular formula is C18H26N2S. The molecule has 0 aliphatic carbocycles. The smallest absolute Gasteiger partial charge is 0.114 e. The maximum absolute atomic E-state index is 4.89. The number of nitrogens with zero attached hydrogens (tertiary/aromatic N) is 1. The van der Waals surface area contributed by atoms with E-state index in [1.54, 1.807) is 11.3 Å². The molecule has 0 saturated heterocycles. The predicted molar refractivity (Wildman–Crippen MR) is 92.2 cm³/mol. The second kappa shape index (κ2) is 6.29. The molecule has 2 aromatic rings. The number of hydrogen-bond acceptors (Lipinski definition) is 3. The summed E-state index contributed by atoms with van der Waals surface area (Å²) in [4.78, 5) is 4.89. The zero-order valence-corrected chi connectivity index (χ0v) is 14.8. The molecule has 2 rings (SSSR count). The molecule has 114 valence electrons. The number of thiazole rings is 1. The summed E-state index contributed by atoms with van der Waals surface area (Å²) in [7, 11) is 0. The summed E-state index contributed by atoms with van der Waals surface area (Å²) >= 11 is 1.76. The van der Waals surface area contributed by atoms with Crippen molar-refractivity contribution in [2.45, 2.75) is 53.0 Å². The average molecular weight is 302 g/mol. The molecule has 0 radical (unpaired) electrons. The minimum absolute atomic E-state index is 0.105. The van der Waals surface area contributed by atoms with Crippen molar-refractivity contribution in [2.75, 3.05) is 6.54 Å². The van der Waals surface area contributed by atoms with E-state index in [0.717, 1.165) is 11.6 Å². The largest absolute Gasteiger partial charge is 0.305 e. The van der Waals surface area contributed by atoms with E-state index in [4.69, 9.17) is 4.98 Å². The van der Waals surface area contributed by atoms with Gasteiger partial charge >= 0.3 is 0 Å². The molecule has 0 fully saturated rings. The van der Waals surface area contributed by atoms with Crippen molar-refractivity contribution >= 4 is 11.3 Å². The lowest BCUT2D eigenvalue weighted by molar-refractivity contribution is 0.562. The minimum atomic E-state index is 0.105. The van der Waals surface area contributed by atoms with Crippen LogP contribution in [-0.4, -0.2) is 11.5 Å². The molecule has 1 aromatic carbocycles. The van der Waals surface area contributed by atoms with Crippen molar-refractivity contribution in [3.63, 3.8) is 0 Å². The van der Waals surface area contributed by atoms with Crippen LogP contribution in [0.5, 0.6) is 0 Å². The Morgan fingerprint density at radius 2 is 1.76 bits per heavy atom. The molecule has 1 unspecified atom stereocenters. The summed E-state index contributed by atoms with van der Waals surface area (Å²) < 4.78 is 0. The monoisotopic (exact) mass is 302 g/mol. The molecule has 0 spiro atoms. The Kier molecular flexibility index (Phi) is 4.84. The first-order valence-corrected chi connectivity index (χ1v) is 8.46. The summed E-state index contributed by atoms with van der Waals surface area (Å²) in [5.41, 5.74) is 5.20. The van der Waals surface area contributed by atoms with Gasteiger partial charge in [0, 0.05) is 10.8 Å². The van der Waals surface area contributed by atoms with Gasteiger partial charge in [-0.3, -0.25) is 0 Å². The fourth-order valence-electron chi connectivity index (χ4n) is 2.49. The maximum atomic E-state index is 4.89. The Hall–Kier alpha value is -1.19. The molecule has 0 aliphatic rings. The molecule has 21 heavy (non-hydrogen) atoms. The van der Waals surface area contributed by atoms with Crippen LogP contribution in [0.3, 0.4) is 0 Å². The summed E-state index contributed by atoms with van der Waals surface area (Å²) in [6, 6.07) is 6.93. The van der Waals surface area contributed by atoms with Crippen molar-refractivity contribution < 1.29 is 0 Å². The van der Waals surface area contributed by atoms with E-state index < -0.39 is 0 Å². The van der Waals surface area contributed by atoms with Gasteiger partial charge < -0.3 is 5.32 Å². The lowest BCUT2D eigenvalue weighted by Gasteiger charge is -2.18. The molecule has 0 aliphatic heterocycles. The molecule has 3 heteroatoms. The van der Waals surface area contributed by atoms with Crippen LogP contribution in [0.2, 0.25) is 0 Å². The van der Waals surface area contributed by atoms with Crippen molar-refractivity contribution in [2.24, 2.45) is 0 Å². The molecule has 2 nitrogen and oxygen atoms in total.